The van der Waals surface area contributed by atoms with E-state index in [0.29, 0.717) is 39.1 Å². The van der Waals surface area contributed by atoms with Crippen LogP contribution < -0.4 is 5.32 Å². The lowest BCUT2D eigenvalue weighted by molar-refractivity contribution is -0.139. The third-order valence-electron chi connectivity index (χ3n) is 4.65. The van der Waals surface area contributed by atoms with Gasteiger partial charge in [0.2, 0.25) is 11.8 Å². The Kier molecular flexibility index (Phi) is 8.17. The molecule has 2 fully saturated rings. The zero-order chi connectivity index (χ0) is 21.3. The van der Waals surface area contributed by atoms with Gasteiger partial charge in [0, 0.05) is 25.8 Å². The molecule has 29 heavy (non-hydrogen) atoms. The van der Waals surface area contributed by atoms with Crippen molar-refractivity contribution in [3.63, 3.8) is 0 Å². The summed E-state index contributed by atoms with van der Waals surface area (Å²) in [4.78, 5) is 26.2. The Morgan fingerprint density at radius 2 is 1.66 bits per heavy atom. The number of sulfone groups is 1. The molecule has 0 spiro atoms. The Hall–Kier alpha value is -2.44. The summed E-state index contributed by atoms with van der Waals surface area (Å²) in [5, 5.41) is 11.6. The monoisotopic (exact) mass is 421 g/mol. The number of nitrogens with one attached hydrogen (secondary N) is 1. The Morgan fingerprint density at radius 1 is 1.14 bits per heavy atom. The van der Waals surface area contributed by atoms with Gasteiger partial charge in [0.25, 0.3) is 0 Å². The highest BCUT2D eigenvalue weighted by molar-refractivity contribution is 7.90. The quantitative estimate of drug-likeness (QED) is 0.725. The molecule has 8 nitrogen and oxygen atoms in total. The van der Waals surface area contributed by atoms with Gasteiger partial charge in [0.1, 0.15) is 15.4 Å². The van der Waals surface area contributed by atoms with Crippen molar-refractivity contribution >= 4 is 21.7 Å². The van der Waals surface area contributed by atoms with Gasteiger partial charge >= 0.3 is 0 Å². The van der Waals surface area contributed by atoms with Crippen LogP contribution in [-0.4, -0.2) is 69.0 Å². The number of nitriles is 1. The molecule has 1 aromatic carbocycles. The molecule has 2 aliphatic rings. The summed E-state index contributed by atoms with van der Waals surface area (Å²) in [5.41, 5.74) is -0.880. The van der Waals surface area contributed by atoms with Gasteiger partial charge in [0.15, 0.2) is 0 Å². The molecule has 1 N–H and O–H groups in total. The minimum absolute atomic E-state index is 0.180. The number of hydrogen-bond donors (Lipinski definition) is 1. The summed E-state index contributed by atoms with van der Waals surface area (Å²) < 4.78 is 28.3. The van der Waals surface area contributed by atoms with Crippen molar-refractivity contribution in [3.8, 4) is 6.07 Å². The van der Waals surface area contributed by atoms with E-state index in [1.54, 1.807) is 4.90 Å². The van der Waals surface area contributed by atoms with E-state index in [-0.39, 0.29) is 12.3 Å². The maximum Gasteiger partial charge on any atom is 0.225 e. The van der Waals surface area contributed by atoms with Crippen LogP contribution >= 0.6 is 0 Å². The van der Waals surface area contributed by atoms with Gasteiger partial charge in [-0.15, -0.1) is 0 Å². The van der Waals surface area contributed by atoms with Crippen LogP contribution in [0.5, 0.6) is 0 Å². The third-order valence-corrected chi connectivity index (χ3v) is 5.66. The minimum Gasteiger partial charge on any atom is -0.378 e. The molecule has 1 saturated carbocycles. The maximum atomic E-state index is 12.3. The first-order valence-electron chi connectivity index (χ1n) is 9.51. The molecule has 158 valence electrons. The van der Waals surface area contributed by atoms with E-state index in [0.717, 1.165) is 6.26 Å². The minimum atomic E-state index is -3.43. The zero-order valence-corrected chi connectivity index (χ0v) is 17.4. The molecule has 1 aliphatic carbocycles. The van der Waals surface area contributed by atoms with Gasteiger partial charge in [-0.3, -0.25) is 9.59 Å². The normalized spacial score (nSPS) is 18.4. The van der Waals surface area contributed by atoms with Crippen molar-refractivity contribution in [2.75, 3.05) is 38.3 Å². The molecule has 1 saturated heterocycles. The van der Waals surface area contributed by atoms with Gasteiger partial charge in [-0.05, 0) is 12.8 Å². The first kappa shape index (κ1) is 22.8. The average molecular weight is 422 g/mol. The average Bonchev–Trinajstić information content (AvgIpc) is 3.49. The molecule has 1 heterocycles. The van der Waals surface area contributed by atoms with Crippen LogP contribution in [0.15, 0.2) is 36.4 Å². The van der Waals surface area contributed by atoms with E-state index in [1.165, 1.54) is 0 Å². The van der Waals surface area contributed by atoms with Crippen molar-refractivity contribution < 1.29 is 22.7 Å². The molecular weight excluding hydrogens is 394 g/mol. The number of carbonyl (C=O) groups is 2. The number of carbonyl (C=O) groups excluding carboxylic acids is 2. The Bertz CT molecular complexity index is 799. The van der Waals surface area contributed by atoms with Crippen molar-refractivity contribution in [2.24, 2.45) is 5.92 Å². The number of rotatable bonds is 6. The molecular formula is C20H27N3O5S. The van der Waals surface area contributed by atoms with E-state index in [2.05, 4.69) is 5.32 Å². The first-order valence-corrected chi connectivity index (χ1v) is 11.6. The number of morpholine rings is 1. The lowest BCUT2D eigenvalue weighted by Crippen LogP contribution is -2.46. The van der Waals surface area contributed by atoms with Crippen LogP contribution in [0.3, 0.4) is 0 Å². The van der Waals surface area contributed by atoms with Gasteiger partial charge in [0.05, 0.1) is 31.0 Å². The Balaban J connectivity index is 0.000000426. The number of benzene rings is 1. The molecule has 1 aromatic rings. The van der Waals surface area contributed by atoms with Crippen LogP contribution in [0.1, 0.15) is 19.3 Å². The molecule has 9 heteroatoms. The van der Waals surface area contributed by atoms with Crippen LogP contribution in [0, 0.1) is 17.2 Å². The fourth-order valence-corrected chi connectivity index (χ4v) is 3.86. The first-order chi connectivity index (χ1) is 13.7. The fourth-order valence-electron chi connectivity index (χ4n) is 2.86. The Morgan fingerprint density at radius 3 is 2.07 bits per heavy atom. The molecule has 1 atom stereocenters. The summed E-state index contributed by atoms with van der Waals surface area (Å²) in [5.74, 6) is -2.20. The second-order valence-electron chi connectivity index (χ2n) is 7.32. The SMILES string of the molecule is CS(=O)(=O)CC(CC(=O)N1CCOCC1)C(=O)NC1(C#N)CC1.c1ccccc1. The van der Waals surface area contributed by atoms with Crippen molar-refractivity contribution in [3.05, 3.63) is 36.4 Å². The number of amides is 2. The third kappa shape index (κ3) is 8.21. The molecule has 0 aromatic heterocycles. The summed E-state index contributed by atoms with van der Waals surface area (Å²) >= 11 is 0. The molecule has 3 rings (SSSR count). The van der Waals surface area contributed by atoms with Crippen LogP contribution in [0.25, 0.3) is 0 Å². The lowest BCUT2D eigenvalue weighted by atomic mass is 10.0. The second-order valence-corrected chi connectivity index (χ2v) is 9.51. The van der Waals surface area contributed by atoms with Crippen LogP contribution in [0.2, 0.25) is 0 Å². The fraction of sp³-hybridized carbons (Fsp3) is 0.550. The van der Waals surface area contributed by atoms with E-state index >= 15 is 0 Å². The summed E-state index contributed by atoms with van der Waals surface area (Å²) in [7, 11) is -3.43. The predicted octanol–water partition coefficient (Wildman–Crippen LogP) is 0.755. The molecule has 0 radical (unpaired) electrons. The van der Waals surface area contributed by atoms with Gasteiger partial charge in [-0.2, -0.15) is 5.26 Å². The molecule has 0 bridgehead atoms. The molecule has 2 amide bonds. The van der Waals surface area contributed by atoms with Crippen molar-refractivity contribution in [1.29, 1.82) is 5.26 Å². The van der Waals surface area contributed by atoms with Gasteiger partial charge in [-0.1, -0.05) is 36.4 Å². The van der Waals surface area contributed by atoms with Gasteiger partial charge in [-0.25, -0.2) is 8.42 Å². The highest BCUT2D eigenvalue weighted by Gasteiger charge is 2.46. The number of ether oxygens (including phenoxy) is 1. The molecule has 1 aliphatic heterocycles. The van der Waals surface area contributed by atoms with Crippen molar-refractivity contribution in [1.82, 2.24) is 10.2 Å². The summed E-state index contributed by atoms with van der Waals surface area (Å²) in [6.45, 7) is 1.75. The zero-order valence-electron chi connectivity index (χ0n) is 16.5. The standard InChI is InChI=1S/C14H21N3O5S.C6H6/c1-23(20,21)9-11(13(19)16-14(10-15)2-3-14)8-12(18)17-4-6-22-7-5-17;1-2-4-6-5-3-1/h11H,2-9H2,1H3,(H,16,19);1-6H. The smallest absolute Gasteiger partial charge is 0.225 e. The lowest BCUT2D eigenvalue weighted by Gasteiger charge is -2.28. The van der Waals surface area contributed by atoms with Gasteiger partial charge < -0.3 is 15.0 Å². The Labute approximate surface area is 171 Å². The van der Waals surface area contributed by atoms with E-state index < -0.39 is 33.0 Å². The van der Waals surface area contributed by atoms with Crippen LogP contribution in [0.4, 0.5) is 0 Å². The maximum absolute atomic E-state index is 12.3. The predicted molar refractivity (Wildman–Crippen MR) is 107 cm³/mol. The summed E-state index contributed by atoms with van der Waals surface area (Å²) in [6.07, 6.45) is 1.96. The van der Waals surface area contributed by atoms with Crippen LogP contribution in [-0.2, 0) is 24.2 Å². The molecule has 1 unspecified atom stereocenters. The number of hydrogen-bond acceptors (Lipinski definition) is 6. The highest BCUT2D eigenvalue weighted by atomic mass is 32.2. The second kappa shape index (κ2) is 10.4. The summed E-state index contributed by atoms with van der Waals surface area (Å²) in [6, 6.07) is 14.0. The van der Waals surface area contributed by atoms with E-state index in [9.17, 15) is 18.0 Å². The largest absolute Gasteiger partial charge is 0.378 e. The van der Waals surface area contributed by atoms with E-state index in [1.807, 2.05) is 42.5 Å². The number of nitrogens with zero attached hydrogens (tertiary/aromatic N) is 2. The topological polar surface area (TPSA) is 117 Å². The van der Waals surface area contributed by atoms with Crippen molar-refractivity contribution in [2.45, 2.75) is 24.8 Å². The highest BCUT2D eigenvalue weighted by Crippen LogP contribution is 2.34. The van der Waals surface area contributed by atoms with E-state index in [4.69, 9.17) is 10.00 Å².